The number of nitrogens with zero attached hydrogens (tertiary/aromatic N) is 1. The summed E-state index contributed by atoms with van der Waals surface area (Å²) in [4.78, 5) is 18.4. The molecule has 0 fully saturated rings. The van der Waals surface area contributed by atoms with Crippen LogP contribution in [0.4, 0.5) is 5.69 Å². The van der Waals surface area contributed by atoms with E-state index in [0.29, 0.717) is 6.42 Å². The molecule has 2 N–H and O–H groups in total. The first-order valence-electron chi connectivity index (χ1n) is 4.59. The highest BCUT2D eigenvalue weighted by molar-refractivity contribution is 5.96. The van der Waals surface area contributed by atoms with Gasteiger partial charge in [-0.1, -0.05) is 0 Å². The van der Waals surface area contributed by atoms with E-state index < -0.39 is 0 Å². The number of carbonyl (C=O) groups excluding carboxylic acids is 1. The summed E-state index contributed by atoms with van der Waals surface area (Å²) >= 11 is 0. The molecule has 0 aliphatic carbocycles. The van der Waals surface area contributed by atoms with Gasteiger partial charge in [-0.2, -0.15) is 0 Å². The standard InChI is InChI=1S/C10H9N3O/c14-10-2-1-6-3-8-9(12-5-11-8)4-7(6)13-10/h3-5H,1-2H2,(H,11,12)(H,13,14). The molecule has 4 nitrogen and oxygen atoms in total. The lowest BCUT2D eigenvalue weighted by atomic mass is 10.0. The second-order valence-electron chi connectivity index (χ2n) is 3.48. The Morgan fingerprint density at radius 2 is 2.21 bits per heavy atom. The fraction of sp³-hybridized carbons (Fsp3) is 0.200. The van der Waals surface area contributed by atoms with Gasteiger partial charge in [-0.05, 0) is 24.1 Å². The van der Waals surface area contributed by atoms with Crippen molar-refractivity contribution in [3.05, 3.63) is 24.0 Å². The van der Waals surface area contributed by atoms with Crippen LogP contribution in [-0.2, 0) is 11.2 Å². The van der Waals surface area contributed by atoms with Crippen LogP contribution in [0.5, 0.6) is 0 Å². The Morgan fingerprint density at radius 3 is 3.14 bits per heavy atom. The van der Waals surface area contributed by atoms with Crippen molar-refractivity contribution in [3.8, 4) is 0 Å². The Bertz CT molecular complexity index is 515. The number of rotatable bonds is 0. The number of benzene rings is 1. The number of hydrogen-bond acceptors (Lipinski definition) is 2. The number of aryl methyl sites for hydroxylation is 1. The molecule has 14 heavy (non-hydrogen) atoms. The number of amides is 1. The van der Waals surface area contributed by atoms with E-state index >= 15 is 0 Å². The van der Waals surface area contributed by atoms with Gasteiger partial charge < -0.3 is 10.3 Å². The van der Waals surface area contributed by atoms with Gasteiger partial charge in [0.15, 0.2) is 0 Å². The molecule has 2 aromatic rings. The fourth-order valence-corrected chi connectivity index (χ4v) is 1.81. The van der Waals surface area contributed by atoms with E-state index in [4.69, 9.17) is 0 Å². The summed E-state index contributed by atoms with van der Waals surface area (Å²) in [6.45, 7) is 0. The topological polar surface area (TPSA) is 57.8 Å². The number of anilines is 1. The van der Waals surface area contributed by atoms with Crippen molar-refractivity contribution in [2.75, 3.05) is 5.32 Å². The first-order chi connectivity index (χ1) is 6.83. The monoisotopic (exact) mass is 187 g/mol. The van der Waals surface area contributed by atoms with Gasteiger partial charge in [-0.25, -0.2) is 4.98 Å². The smallest absolute Gasteiger partial charge is 0.224 e. The lowest BCUT2D eigenvalue weighted by Crippen LogP contribution is -2.18. The third-order valence-corrected chi connectivity index (χ3v) is 2.54. The largest absolute Gasteiger partial charge is 0.345 e. The molecule has 1 aromatic heterocycles. The zero-order valence-corrected chi connectivity index (χ0v) is 7.50. The Kier molecular flexibility index (Phi) is 1.39. The molecular formula is C10H9N3O. The first kappa shape index (κ1) is 7.55. The molecule has 2 heterocycles. The van der Waals surface area contributed by atoms with Crippen molar-refractivity contribution in [1.29, 1.82) is 0 Å². The molecule has 1 aliphatic heterocycles. The summed E-state index contributed by atoms with van der Waals surface area (Å²) < 4.78 is 0. The van der Waals surface area contributed by atoms with Gasteiger partial charge >= 0.3 is 0 Å². The molecule has 1 aliphatic rings. The first-order valence-corrected chi connectivity index (χ1v) is 4.59. The van der Waals surface area contributed by atoms with Gasteiger partial charge in [-0.15, -0.1) is 0 Å². The second-order valence-corrected chi connectivity index (χ2v) is 3.48. The van der Waals surface area contributed by atoms with Gasteiger partial charge in [0.25, 0.3) is 0 Å². The number of carbonyl (C=O) groups is 1. The third-order valence-electron chi connectivity index (χ3n) is 2.54. The van der Waals surface area contributed by atoms with Gasteiger partial charge in [0.2, 0.25) is 5.91 Å². The van der Waals surface area contributed by atoms with Crippen molar-refractivity contribution < 1.29 is 4.79 Å². The van der Waals surface area contributed by atoms with E-state index in [-0.39, 0.29) is 5.91 Å². The maximum atomic E-state index is 11.2. The maximum absolute atomic E-state index is 11.2. The molecule has 0 saturated heterocycles. The Hall–Kier alpha value is -1.84. The average Bonchev–Trinajstić information content (AvgIpc) is 2.61. The number of imidazole rings is 1. The molecule has 1 amide bonds. The highest BCUT2D eigenvalue weighted by atomic mass is 16.1. The van der Waals surface area contributed by atoms with E-state index in [1.54, 1.807) is 6.33 Å². The molecule has 4 heteroatoms. The average molecular weight is 187 g/mol. The van der Waals surface area contributed by atoms with Crippen LogP contribution in [0.25, 0.3) is 11.0 Å². The molecule has 0 unspecified atom stereocenters. The Morgan fingerprint density at radius 1 is 1.29 bits per heavy atom. The maximum Gasteiger partial charge on any atom is 0.224 e. The summed E-state index contributed by atoms with van der Waals surface area (Å²) in [7, 11) is 0. The Balaban J connectivity index is 2.24. The van der Waals surface area contributed by atoms with Crippen LogP contribution in [-0.4, -0.2) is 15.9 Å². The minimum atomic E-state index is 0.0939. The van der Waals surface area contributed by atoms with E-state index in [9.17, 15) is 4.79 Å². The van der Waals surface area contributed by atoms with Crippen LogP contribution in [0.1, 0.15) is 12.0 Å². The number of nitrogens with one attached hydrogen (secondary N) is 2. The minimum absolute atomic E-state index is 0.0939. The highest BCUT2D eigenvalue weighted by Crippen LogP contribution is 2.26. The number of aromatic nitrogens is 2. The molecule has 70 valence electrons. The minimum Gasteiger partial charge on any atom is -0.345 e. The van der Waals surface area contributed by atoms with Crippen LogP contribution in [0.15, 0.2) is 18.5 Å². The molecule has 0 spiro atoms. The van der Waals surface area contributed by atoms with Crippen molar-refractivity contribution in [3.63, 3.8) is 0 Å². The predicted octanol–water partition coefficient (Wildman–Crippen LogP) is 1.45. The Labute approximate surface area is 80.3 Å². The molecule has 0 atom stereocenters. The van der Waals surface area contributed by atoms with Crippen molar-refractivity contribution >= 4 is 22.6 Å². The summed E-state index contributed by atoms with van der Waals surface area (Å²) in [5, 5.41) is 2.86. The molecule has 0 saturated carbocycles. The van der Waals surface area contributed by atoms with Gasteiger partial charge in [-0.3, -0.25) is 4.79 Å². The van der Waals surface area contributed by atoms with Gasteiger partial charge in [0, 0.05) is 12.1 Å². The van der Waals surface area contributed by atoms with Gasteiger partial charge in [0.05, 0.1) is 17.4 Å². The zero-order valence-electron chi connectivity index (χ0n) is 7.50. The fourth-order valence-electron chi connectivity index (χ4n) is 1.81. The number of H-pyrrole nitrogens is 1. The van der Waals surface area contributed by atoms with Gasteiger partial charge in [0.1, 0.15) is 0 Å². The number of aromatic amines is 1. The lowest BCUT2D eigenvalue weighted by Gasteiger charge is -2.16. The van der Waals surface area contributed by atoms with Crippen molar-refractivity contribution in [1.82, 2.24) is 9.97 Å². The van der Waals surface area contributed by atoms with Crippen molar-refractivity contribution in [2.45, 2.75) is 12.8 Å². The van der Waals surface area contributed by atoms with Crippen LogP contribution < -0.4 is 5.32 Å². The van der Waals surface area contributed by atoms with E-state index in [0.717, 1.165) is 23.1 Å². The quantitative estimate of drug-likeness (QED) is 0.655. The summed E-state index contributed by atoms with van der Waals surface area (Å²) in [6.07, 6.45) is 3.05. The molecule has 0 radical (unpaired) electrons. The van der Waals surface area contributed by atoms with Crippen molar-refractivity contribution in [2.24, 2.45) is 0 Å². The molecule has 3 rings (SSSR count). The lowest BCUT2D eigenvalue weighted by molar-refractivity contribution is -0.116. The van der Waals surface area contributed by atoms with E-state index in [2.05, 4.69) is 15.3 Å². The van der Waals surface area contributed by atoms with E-state index in [1.807, 2.05) is 12.1 Å². The van der Waals surface area contributed by atoms with Crippen LogP contribution in [0.2, 0.25) is 0 Å². The molecule has 0 bridgehead atoms. The molecule has 1 aromatic carbocycles. The summed E-state index contributed by atoms with van der Waals surface area (Å²) in [5.74, 6) is 0.0939. The normalized spacial score (nSPS) is 15.3. The summed E-state index contributed by atoms with van der Waals surface area (Å²) in [6, 6.07) is 3.97. The van der Waals surface area contributed by atoms with Crippen LogP contribution >= 0.6 is 0 Å². The number of hydrogen-bond donors (Lipinski definition) is 2. The summed E-state index contributed by atoms with van der Waals surface area (Å²) in [5.41, 5.74) is 4.01. The predicted molar refractivity (Wildman–Crippen MR) is 53.0 cm³/mol. The second kappa shape index (κ2) is 2.57. The zero-order chi connectivity index (χ0) is 9.54. The highest BCUT2D eigenvalue weighted by Gasteiger charge is 2.15. The van der Waals surface area contributed by atoms with Crippen LogP contribution in [0.3, 0.4) is 0 Å². The number of fused-ring (bicyclic) bond motifs is 2. The third kappa shape index (κ3) is 1.00. The molecular weight excluding hydrogens is 178 g/mol. The van der Waals surface area contributed by atoms with Crippen LogP contribution in [0, 0.1) is 0 Å². The van der Waals surface area contributed by atoms with E-state index in [1.165, 1.54) is 5.56 Å². The SMILES string of the molecule is O=C1CCc2cc3nc[nH]c3cc2N1.